The van der Waals surface area contributed by atoms with E-state index in [1.54, 1.807) is 0 Å². The Balaban J connectivity index is 0. The highest BCUT2D eigenvalue weighted by atomic mass is 31.2. The Morgan fingerprint density at radius 3 is 0.476 bits per heavy atom. The van der Waals surface area contributed by atoms with Gasteiger partial charge in [0.1, 0.15) is 0 Å². The number of unbranched alkanes of at least 4 members (excludes halogenated alkanes) is 75. The molecule has 0 heterocycles. The monoisotopic (exact) mass is 1480 g/mol. The highest BCUT2D eigenvalue weighted by Gasteiger charge is 2.38. The van der Waals surface area contributed by atoms with Gasteiger partial charge in [-0.05, 0) is 32.1 Å². The van der Waals surface area contributed by atoms with Gasteiger partial charge in [0.25, 0.3) is 0 Å². The van der Waals surface area contributed by atoms with E-state index >= 15 is 0 Å². The Kier molecular flexibility index (Phi) is 98.4. The minimum Gasteiger partial charge on any atom is -0.396 e. The molecule has 0 radical (unpaired) electrons. The van der Waals surface area contributed by atoms with Gasteiger partial charge in [-0.15, -0.1) is 0 Å². The fourth-order valence-electron chi connectivity index (χ4n) is 15.3. The van der Waals surface area contributed by atoms with Crippen LogP contribution in [0, 0.1) is 5.41 Å². The van der Waals surface area contributed by atoms with Gasteiger partial charge >= 0.3 is 8.60 Å². The summed E-state index contributed by atoms with van der Waals surface area (Å²) in [5.74, 6) is 0. The van der Waals surface area contributed by atoms with E-state index in [2.05, 4.69) is 34.6 Å². The zero-order valence-electron chi connectivity index (χ0n) is 71.7. The zero-order valence-corrected chi connectivity index (χ0v) is 72.6. The Bertz CT molecular complexity index is 1330. The molecule has 1 unspecified atom stereocenters. The average molecular weight is 1480 g/mol. The van der Waals surface area contributed by atoms with Crippen LogP contribution < -0.4 is 0 Å². The van der Waals surface area contributed by atoms with Gasteiger partial charge in [0.2, 0.25) is 0 Å². The van der Waals surface area contributed by atoms with Crippen LogP contribution in [0.25, 0.3) is 0 Å². The van der Waals surface area contributed by atoms with Crippen LogP contribution in [0.2, 0.25) is 0 Å². The third-order valence-electron chi connectivity index (χ3n) is 22.8. The fraction of sp³-hybridized carbons (Fsp3) is 1.00. The topological polar surface area (TPSA) is 97.6 Å². The molecule has 0 aromatic heterocycles. The van der Waals surface area contributed by atoms with E-state index in [0.29, 0.717) is 6.61 Å². The quantitative estimate of drug-likeness (QED) is 0.0412. The van der Waals surface area contributed by atoms with Crippen molar-refractivity contribution in [3.8, 4) is 0 Å². The molecule has 103 heavy (non-hydrogen) atoms. The second-order valence-corrected chi connectivity index (χ2v) is 34.4. The van der Waals surface area contributed by atoms with Crippen molar-refractivity contribution in [1.82, 2.24) is 0 Å². The van der Waals surface area contributed by atoms with Gasteiger partial charge in [0.15, 0.2) is 0 Å². The molecular weight excluding hydrogens is 1280 g/mol. The van der Waals surface area contributed by atoms with Crippen molar-refractivity contribution in [2.75, 3.05) is 46.2 Å². The molecule has 0 fully saturated rings. The number of ether oxygens (including phenoxy) is 1. The lowest BCUT2D eigenvalue weighted by molar-refractivity contribution is -0.117. The molecule has 0 rings (SSSR count). The Hall–Kier alpha value is 0.150. The van der Waals surface area contributed by atoms with E-state index in [1.807, 2.05) is 0 Å². The second kappa shape index (κ2) is 96.3. The van der Waals surface area contributed by atoms with E-state index in [0.717, 1.165) is 64.8 Å². The summed E-state index contributed by atoms with van der Waals surface area (Å²) < 4.78 is 25.0. The van der Waals surface area contributed by atoms with Crippen molar-refractivity contribution in [3.63, 3.8) is 0 Å². The molecule has 0 aliphatic carbocycles. The summed E-state index contributed by atoms with van der Waals surface area (Å²) in [6.07, 6.45) is 111. The maximum absolute atomic E-state index is 10.0. The molecule has 0 saturated heterocycles. The van der Waals surface area contributed by atoms with Crippen LogP contribution >= 0.6 is 8.60 Å². The van der Waals surface area contributed by atoms with Crippen LogP contribution in [-0.2, 0) is 18.3 Å². The van der Waals surface area contributed by atoms with E-state index < -0.39 is 14.0 Å². The van der Waals surface area contributed by atoms with Gasteiger partial charge < -0.3 is 33.6 Å². The first kappa shape index (κ1) is 105. The van der Waals surface area contributed by atoms with Gasteiger partial charge in [-0.3, -0.25) is 0 Å². The first-order valence-corrected chi connectivity index (χ1v) is 49.3. The molecular formula is C95H195O7P. The van der Waals surface area contributed by atoms with E-state index in [1.165, 1.54) is 475 Å². The Morgan fingerprint density at radius 1 is 0.184 bits per heavy atom. The van der Waals surface area contributed by atoms with E-state index in [9.17, 15) is 15.3 Å². The van der Waals surface area contributed by atoms with Gasteiger partial charge in [0.05, 0.1) is 51.2 Å². The van der Waals surface area contributed by atoms with Crippen molar-refractivity contribution in [3.05, 3.63) is 0 Å². The molecule has 8 heteroatoms. The van der Waals surface area contributed by atoms with Crippen LogP contribution in [0.5, 0.6) is 0 Å². The molecule has 3 N–H and O–H groups in total. The average Bonchev–Trinajstić information content (AvgIpc) is 0.845. The van der Waals surface area contributed by atoms with Crippen LogP contribution in [0.4, 0.5) is 0 Å². The van der Waals surface area contributed by atoms with E-state index in [4.69, 9.17) is 18.3 Å². The lowest BCUT2D eigenvalue weighted by Crippen LogP contribution is -2.46. The molecule has 1 atom stereocenters. The number of aliphatic hydroxyl groups is 3. The van der Waals surface area contributed by atoms with Crippen LogP contribution in [-0.4, -0.2) is 67.7 Å². The highest BCUT2D eigenvalue weighted by molar-refractivity contribution is 7.41. The predicted octanol–water partition coefficient (Wildman–Crippen LogP) is 33.3. The summed E-state index contributed by atoms with van der Waals surface area (Å²) >= 11 is 0. The summed E-state index contributed by atoms with van der Waals surface area (Å²) in [4.78, 5) is 0. The fourth-order valence-corrected chi connectivity index (χ4v) is 16.3. The molecule has 7 nitrogen and oxygen atoms in total. The third-order valence-corrected chi connectivity index (χ3v) is 24.0. The highest BCUT2D eigenvalue weighted by Crippen LogP contribution is 2.41. The van der Waals surface area contributed by atoms with Crippen LogP contribution in [0.15, 0.2) is 0 Å². The van der Waals surface area contributed by atoms with Crippen molar-refractivity contribution < 1.29 is 33.6 Å². The number of hydrogen-bond donors (Lipinski definition) is 3. The summed E-state index contributed by atoms with van der Waals surface area (Å²) in [7, 11) is -1.19. The zero-order chi connectivity index (χ0) is 74.7. The molecule has 0 amide bonds. The number of hydrogen-bond acceptors (Lipinski definition) is 7. The Morgan fingerprint density at radius 2 is 0.320 bits per heavy atom. The summed E-state index contributed by atoms with van der Waals surface area (Å²) in [5, 5.41) is 30.1. The third kappa shape index (κ3) is 86.0. The predicted molar refractivity (Wildman–Crippen MR) is 461 cm³/mol. The minimum atomic E-state index is -1.19. The number of aliphatic hydroxyl groups excluding tert-OH is 3. The molecule has 0 saturated carbocycles. The maximum atomic E-state index is 10.0. The second-order valence-electron chi connectivity index (χ2n) is 33.2. The SMILES string of the molecule is CCCCCCCCCCCCCCCCCCOC(CCCCCCCCCCCCCCCCCC)C(CO)(CO)CO.CCCCCCCCCCCCCCCCCCOP(OCCCCCCCCCCCCCCCCCC)OCCCCCCCCCCCCCCCCCC. The molecule has 0 bridgehead atoms. The minimum absolute atomic E-state index is 0.234. The molecule has 0 aromatic rings. The van der Waals surface area contributed by atoms with Crippen molar-refractivity contribution in [2.45, 2.75) is 561 Å². The van der Waals surface area contributed by atoms with E-state index in [-0.39, 0.29) is 25.9 Å². The van der Waals surface area contributed by atoms with Gasteiger partial charge in [-0.2, -0.15) is 0 Å². The van der Waals surface area contributed by atoms with Crippen LogP contribution in [0.3, 0.4) is 0 Å². The molecule has 622 valence electrons. The van der Waals surface area contributed by atoms with Gasteiger partial charge in [-0.25, -0.2) is 0 Å². The van der Waals surface area contributed by atoms with Crippen molar-refractivity contribution in [2.24, 2.45) is 5.41 Å². The summed E-state index contributed by atoms with van der Waals surface area (Å²) in [5.41, 5.74) is -0.940. The molecule has 0 spiro atoms. The molecule has 0 aliphatic heterocycles. The van der Waals surface area contributed by atoms with Crippen molar-refractivity contribution >= 4 is 8.60 Å². The van der Waals surface area contributed by atoms with Crippen LogP contribution in [0.1, 0.15) is 555 Å². The Labute approximate surface area is 651 Å². The number of rotatable bonds is 93. The first-order chi connectivity index (χ1) is 51.0. The lowest BCUT2D eigenvalue weighted by Gasteiger charge is -2.36. The largest absolute Gasteiger partial charge is 0.396 e. The maximum Gasteiger partial charge on any atom is 0.332 e. The molecule has 0 aromatic carbocycles. The molecule has 0 aliphatic rings. The smallest absolute Gasteiger partial charge is 0.332 e. The van der Waals surface area contributed by atoms with Gasteiger partial charge in [0, 0.05) is 6.61 Å². The van der Waals surface area contributed by atoms with Crippen molar-refractivity contribution in [1.29, 1.82) is 0 Å². The van der Waals surface area contributed by atoms with Gasteiger partial charge in [-0.1, -0.05) is 523 Å². The first-order valence-electron chi connectivity index (χ1n) is 48.2. The lowest BCUT2D eigenvalue weighted by atomic mass is 9.81. The summed E-state index contributed by atoms with van der Waals surface area (Å²) in [6.45, 7) is 13.8. The summed E-state index contributed by atoms with van der Waals surface area (Å²) in [6, 6.07) is 0. The standard InChI is InChI=1S/C54H111O3P.C41H84O4/c1-4-7-10-13-16-19-22-25-28-31-34-37-40-43-46-49-52-55-58(56-53-50-47-44-41-38-35-32-29-26-23-20-17-14-11-8-5-2)57-54-51-48-45-42-39-36-33-30-27-24-21-18-15-12-9-6-3;1-3-5-7-9-11-13-15-17-19-21-23-25-27-29-31-33-35-40(41(37-42,38-43)39-44)45-36-34-32-30-28-26-24-22-20-18-16-14-12-10-8-6-4-2/h4-54H2,1-3H3;40,42-44H,3-39H2,1-2H3. The normalized spacial score (nSPS) is 12.2.